The van der Waals surface area contributed by atoms with Crippen molar-refractivity contribution in [1.29, 1.82) is 0 Å². The Hall–Kier alpha value is -1.83. The van der Waals surface area contributed by atoms with Crippen LogP contribution in [0.2, 0.25) is 0 Å². The SMILES string of the molecule is O=C(COC(=O)c1csc(-c2cccs2)n1)c1ccc(Br)cc1. The number of thiazole rings is 1. The van der Waals surface area contributed by atoms with Crippen LogP contribution in [0.25, 0.3) is 9.88 Å². The van der Waals surface area contributed by atoms with Crippen LogP contribution in [0, 0.1) is 0 Å². The quantitative estimate of drug-likeness (QED) is 0.455. The van der Waals surface area contributed by atoms with Gasteiger partial charge < -0.3 is 4.74 Å². The number of hydrogen-bond donors (Lipinski definition) is 0. The van der Waals surface area contributed by atoms with Gasteiger partial charge in [-0.3, -0.25) is 4.79 Å². The number of thiophene rings is 1. The first kappa shape index (κ1) is 16.0. The van der Waals surface area contributed by atoms with Crippen LogP contribution in [0.15, 0.2) is 51.6 Å². The van der Waals surface area contributed by atoms with Crippen LogP contribution in [0.3, 0.4) is 0 Å². The topological polar surface area (TPSA) is 56.3 Å². The molecule has 3 aromatic rings. The molecule has 4 nitrogen and oxygen atoms in total. The summed E-state index contributed by atoms with van der Waals surface area (Å²) in [6.07, 6.45) is 0. The molecule has 0 saturated carbocycles. The summed E-state index contributed by atoms with van der Waals surface area (Å²) in [6.45, 7) is -0.299. The summed E-state index contributed by atoms with van der Waals surface area (Å²) in [4.78, 5) is 29.2. The number of benzene rings is 1. The maximum absolute atomic E-state index is 12.0. The number of ether oxygens (including phenoxy) is 1. The molecule has 0 aliphatic carbocycles. The zero-order chi connectivity index (χ0) is 16.2. The Morgan fingerprint density at radius 1 is 1.13 bits per heavy atom. The summed E-state index contributed by atoms with van der Waals surface area (Å²) in [5, 5.41) is 4.36. The van der Waals surface area contributed by atoms with Crippen molar-refractivity contribution < 1.29 is 14.3 Å². The van der Waals surface area contributed by atoms with E-state index in [2.05, 4.69) is 20.9 Å². The molecule has 0 N–H and O–H groups in total. The highest BCUT2D eigenvalue weighted by atomic mass is 79.9. The van der Waals surface area contributed by atoms with Gasteiger partial charge in [-0.25, -0.2) is 9.78 Å². The molecule has 23 heavy (non-hydrogen) atoms. The van der Waals surface area contributed by atoms with Crippen LogP contribution in [-0.2, 0) is 4.74 Å². The smallest absolute Gasteiger partial charge is 0.358 e. The van der Waals surface area contributed by atoms with Gasteiger partial charge in [-0.05, 0) is 23.6 Å². The second-order valence-electron chi connectivity index (χ2n) is 4.52. The molecule has 0 spiro atoms. The predicted molar refractivity (Wildman–Crippen MR) is 94.2 cm³/mol. The molecule has 0 atom stereocenters. The number of rotatable bonds is 5. The van der Waals surface area contributed by atoms with Gasteiger partial charge in [0.25, 0.3) is 0 Å². The number of ketones is 1. The van der Waals surface area contributed by atoms with Gasteiger partial charge >= 0.3 is 5.97 Å². The predicted octanol–water partition coefficient (Wildman–Crippen LogP) is 4.67. The fourth-order valence-electron chi connectivity index (χ4n) is 1.81. The molecule has 0 radical (unpaired) electrons. The third-order valence-electron chi connectivity index (χ3n) is 2.95. The summed E-state index contributed by atoms with van der Waals surface area (Å²) in [6, 6.07) is 10.8. The fraction of sp³-hybridized carbons (Fsp3) is 0.0625. The molecule has 0 bridgehead atoms. The maximum Gasteiger partial charge on any atom is 0.358 e. The highest BCUT2D eigenvalue weighted by Crippen LogP contribution is 2.27. The Labute approximate surface area is 148 Å². The van der Waals surface area contributed by atoms with Crippen molar-refractivity contribution in [2.75, 3.05) is 6.61 Å². The van der Waals surface area contributed by atoms with E-state index in [9.17, 15) is 9.59 Å². The van der Waals surface area contributed by atoms with Gasteiger partial charge in [0.1, 0.15) is 5.01 Å². The molecular formula is C16H10BrNO3S2. The minimum absolute atomic E-state index is 0.224. The normalized spacial score (nSPS) is 10.5. The monoisotopic (exact) mass is 407 g/mol. The van der Waals surface area contributed by atoms with Gasteiger partial charge in [0.15, 0.2) is 18.1 Å². The summed E-state index contributed by atoms with van der Waals surface area (Å²) in [5.74, 6) is -0.839. The van der Waals surface area contributed by atoms with Crippen molar-refractivity contribution in [2.45, 2.75) is 0 Å². The minimum atomic E-state index is -0.588. The number of halogens is 1. The molecule has 3 rings (SSSR count). The molecule has 0 saturated heterocycles. The molecule has 0 unspecified atom stereocenters. The van der Waals surface area contributed by atoms with Gasteiger partial charge in [-0.2, -0.15) is 0 Å². The second-order valence-corrected chi connectivity index (χ2v) is 7.24. The lowest BCUT2D eigenvalue weighted by Gasteiger charge is -2.02. The molecule has 0 aliphatic rings. The number of hydrogen-bond acceptors (Lipinski definition) is 6. The van der Waals surface area contributed by atoms with E-state index in [1.165, 1.54) is 11.3 Å². The molecule has 2 aromatic heterocycles. The number of carbonyl (C=O) groups is 2. The second kappa shape index (κ2) is 7.16. The van der Waals surface area contributed by atoms with Gasteiger partial charge in [0, 0.05) is 15.4 Å². The maximum atomic E-state index is 12.0. The van der Waals surface area contributed by atoms with Crippen LogP contribution >= 0.6 is 38.6 Å². The van der Waals surface area contributed by atoms with E-state index < -0.39 is 5.97 Å². The highest BCUT2D eigenvalue weighted by Gasteiger charge is 2.16. The highest BCUT2D eigenvalue weighted by molar-refractivity contribution is 9.10. The Morgan fingerprint density at radius 3 is 2.61 bits per heavy atom. The summed E-state index contributed by atoms with van der Waals surface area (Å²) in [7, 11) is 0. The Bertz CT molecular complexity index is 825. The van der Waals surface area contributed by atoms with Gasteiger partial charge in [-0.1, -0.05) is 34.1 Å². The fourth-order valence-corrected chi connectivity index (χ4v) is 3.67. The van der Waals surface area contributed by atoms with Gasteiger partial charge in [-0.15, -0.1) is 22.7 Å². The van der Waals surface area contributed by atoms with E-state index in [1.54, 1.807) is 41.0 Å². The average Bonchev–Trinajstić information content (AvgIpc) is 3.23. The lowest BCUT2D eigenvalue weighted by Crippen LogP contribution is -2.14. The standard InChI is InChI=1S/C16H10BrNO3S2/c17-11-5-3-10(4-6-11)13(19)8-21-16(20)12-9-23-15(18-12)14-2-1-7-22-14/h1-7,9H,8H2. The van der Waals surface area contributed by atoms with Crippen molar-refractivity contribution in [3.05, 3.63) is 62.9 Å². The lowest BCUT2D eigenvalue weighted by molar-refractivity contribution is 0.0470. The van der Waals surface area contributed by atoms with E-state index in [-0.39, 0.29) is 18.1 Å². The Balaban J connectivity index is 1.61. The van der Waals surface area contributed by atoms with Crippen LogP contribution in [0.1, 0.15) is 20.8 Å². The van der Waals surface area contributed by atoms with Crippen molar-refractivity contribution in [3.63, 3.8) is 0 Å². The molecule has 0 aliphatic heterocycles. The molecule has 0 amide bonds. The van der Waals surface area contributed by atoms with Crippen molar-refractivity contribution in [1.82, 2.24) is 4.98 Å². The van der Waals surface area contributed by atoms with Crippen molar-refractivity contribution >= 4 is 50.4 Å². The third kappa shape index (κ3) is 3.93. The molecule has 7 heteroatoms. The molecule has 1 aromatic carbocycles. The molecule has 116 valence electrons. The number of nitrogens with zero attached hydrogens (tertiary/aromatic N) is 1. The van der Waals surface area contributed by atoms with E-state index in [1.807, 2.05) is 17.5 Å². The largest absolute Gasteiger partial charge is 0.453 e. The zero-order valence-corrected chi connectivity index (χ0v) is 14.9. The Morgan fingerprint density at radius 2 is 1.91 bits per heavy atom. The van der Waals surface area contributed by atoms with E-state index in [4.69, 9.17) is 4.74 Å². The third-order valence-corrected chi connectivity index (χ3v) is 5.36. The number of Topliss-reactive ketones (excluding diaryl/α,β-unsaturated/α-hetero) is 1. The number of esters is 1. The first-order valence-corrected chi connectivity index (χ1v) is 9.14. The van der Waals surface area contributed by atoms with E-state index in [0.717, 1.165) is 14.4 Å². The van der Waals surface area contributed by atoms with Crippen LogP contribution < -0.4 is 0 Å². The summed E-state index contributed by atoms with van der Waals surface area (Å²) in [5.41, 5.74) is 0.723. The van der Waals surface area contributed by atoms with Crippen molar-refractivity contribution in [2.24, 2.45) is 0 Å². The first-order valence-electron chi connectivity index (χ1n) is 6.59. The van der Waals surface area contributed by atoms with Gasteiger partial charge in [0.2, 0.25) is 0 Å². The molecular weight excluding hydrogens is 398 g/mol. The van der Waals surface area contributed by atoms with E-state index >= 15 is 0 Å². The lowest BCUT2D eigenvalue weighted by atomic mass is 10.1. The van der Waals surface area contributed by atoms with Crippen LogP contribution in [0.4, 0.5) is 0 Å². The number of carbonyl (C=O) groups excluding carboxylic acids is 2. The minimum Gasteiger partial charge on any atom is -0.453 e. The van der Waals surface area contributed by atoms with Gasteiger partial charge in [0.05, 0.1) is 4.88 Å². The first-order chi connectivity index (χ1) is 11.1. The van der Waals surface area contributed by atoms with Crippen LogP contribution in [0.5, 0.6) is 0 Å². The van der Waals surface area contributed by atoms with Crippen molar-refractivity contribution in [3.8, 4) is 9.88 Å². The molecule has 2 heterocycles. The number of aromatic nitrogens is 1. The zero-order valence-electron chi connectivity index (χ0n) is 11.7. The summed E-state index contributed by atoms with van der Waals surface area (Å²) < 4.78 is 5.94. The average molecular weight is 408 g/mol. The van der Waals surface area contributed by atoms with Crippen LogP contribution in [-0.4, -0.2) is 23.3 Å². The van der Waals surface area contributed by atoms with E-state index in [0.29, 0.717) is 5.56 Å². The summed E-state index contributed by atoms with van der Waals surface area (Å²) >= 11 is 6.23. The molecule has 0 fully saturated rings. The Kier molecular flexibility index (Phi) is 5.00.